The van der Waals surface area contributed by atoms with Gasteiger partial charge in [0.15, 0.2) is 5.58 Å². The predicted molar refractivity (Wildman–Crippen MR) is 94.8 cm³/mol. The first-order chi connectivity index (χ1) is 11.3. The van der Waals surface area contributed by atoms with Crippen molar-refractivity contribution in [3.8, 4) is 11.5 Å². The number of hydrogen-bond acceptors (Lipinski definition) is 3. The lowest BCUT2D eigenvalue weighted by Crippen LogP contribution is -2.10. The van der Waals surface area contributed by atoms with Gasteiger partial charge in [-0.15, -0.1) is 0 Å². The molecule has 0 fully saturated rings. The SMILES string of the molecule is CC(C)(C)c1cccc(-c2nc3cc(/C=C/C(=O)O)ccc3o2)c1. The molecular formula is C20H19NO3. The molecule has 4 heteroatoms. The first-order valence-corrected chi connectivity index (χ1v) is 7.75. The zero-order valence-electron chi connectivity index (χ0n) is 13.9. The molecule has 1 heterocycles. The number of nitrogens with zero attached hydrogens (tertiary/aromatic N) is 1. The Balaban J connectivity index is 2.01. The standard InChI is InChI=1S/C20H19NO3/c1-20(2,3)15-6-4-5-14(12-15)19-21-16-11-13(8-10-18(22)23)7-9-17(16)24-19/h4-12H,1-3H3,(H,22,23)/b10-8+. The first kappa shape index (κ1) is 16.0. The highest BCUT2D eigenvalue weighted by atomic mass is 16.4. The molecule has 122 valence electrons. The Morgan fingerprint density at radius 1 is 1.17 bits per heavy atom. The molecule has 3 rings (SSSR count). The van der Waals surface area contributed by atoms with Crippen LogP contribution in [0, 0.1) is 0 Å². The van der Waals surface area contributed by atoms with E-state index in [1.54, 1.807) is 6.07 Å². The number of fused-ring (bicyclic) bond motifs is 1. The Morgan fingerprint density at radius 3 is 2.67 bits per heavy atom. The second kappa shape index (κ2) is 5.96. The van der Waals surface area contributed by atoms with Crippen molar-refractivity contribution in [3.05, 3.63) is 59.7 Å². The fourth-order valence-electron chi connectivity index (χ4n) is 2.46. The molecule has 3 aromatic rings. The summed E-state index contributed by atoms with van der Waals surface area (Å²) in [6.45, 7) is 6.50. The Hall–Kier alpha value is -2.88. The lowest BCUT2D eigenvalue weighted by molar-refractivity contribution is -0.131. The molecule has 1 N–H and O–H groups in total. The summed E-state index contributed by atoms with van der Waals surface area (Å²) >= 11 is 0. The van der Waals surface area contributed by atoms with Gasteiger partial charge in [0.1, 0.15) is 5.52 Å². The summed E-state index contributed by atoms with van der Waals surface area (Å²) < 4.78 is 5.85. The van der Waals surface area contributed by atoms with Crippen LogP contribution >= 0.6 is 0 Å². The highest BCUT2D eigenvalue weighted by Crippen LogP contribution is 2.29. The van der Waals surface area contributed by atoms with E-state index in [1.165, 1.54) is 11.6 Å². The van der Waals surface area contributed by atoms with Crippen LogP contribution in [0.15, 0.2) is 53.0 Å². The molecule has 24 heavy (non-hydrogen) atoms. The number of oxazole rings is 1. The van der Waals surface area contributed by atoms with Crippen molar-refractivity contribution in [1.82, 2.24) is 4.98 Å². The fraction of sp³-hybridized carbons (Fsp3) is 0.200. The highest BCUT2D eigenvalue weighted by Gasteiger charge is 2.16. The van der Waals surface area contributed by atoms with Gasteiger partial charge in [-0.1, -0.05) is 39.0 Å². The fourth-order valence-corrected chi connectivity index (χ4v) is 2.46. The molecule has 0 spiro atoms. The molecular weight excluding hydrogens is 302 g/mol. The number of aliphatic carboxylic acids is 1. The summed E-state index contributed by atoms with van der Waals surface area (Å²) in [5.41, 5.74) is 4.36. The van der Waals surface area contributed by atoms with Crippen LogP contribution in [0.5, 0.6) is 0 Å². The Morgan fingerprint density at radius 2 is 1.96 bits per heavy atom. The number of benzene rings is 2. The second-order valence-corrected chi connectivity index (χ2v) is 6.75. The quantitative estimate of drug-likeness (QED) is 0.698. The number of hydrogen-bond donors (Lipinski definition) is 1. The predicted octanol–water partition coefficient (Wildman–Crippen LogP) is 4.89. The average molecular weight is 321 g/mol. The summed E-state index contributed by atoms with van der Waals surface area (Å²) in [4.78, 5) is 15.2. The van der Waals surface area contributed by atoms with Crippen LogP contribution in [0.1, 0.15) is 31.9 Å². The minimum Gasteiger partial charge on any atom is -0.478 e. The van der Waals surface area contributed by atoms with E-state index < -0.39 is 5.97 Å². The Bertz CT molecular complexity index is 929. The van der Waals surface area contributed by atoms with Crippen molar-refractivity contribution < 1.29 is 14.3 Å². The molecule has 0 saturated carbocycles. The third-order valence-electron chi connectivity index (χ3n) is 3.81. The van der Waals surface area contributed by atoms with Crippen molar-refractivity contribution in [2.75, 3.05) is 0 Å². The van der Waals surface area contributed by atoms with Crippen molar-refractivity contribution in [3.63, 3.8) is 0 Å². The lowest BCUT2D eigenvalue weighted by Gasteiger charge is -2.19. The van der Waals surface area contributed by atoms with Gasteiger partial charge >= 0.3 is 5.97 Å². The van der Waals surface area contributed by atoms with Gasteiger partial charge < -0.3 is 9.52 Å². The topological polar surface area (TPSA) is 63.3 Å². The maximum Gasteiger partial charge on any atom is 0.328 e. The number of aromatic nitrogens is 1. The maximum atomic E-state index is 10.6. The van der Waals surface area contributed by atoms with E-state index >= 15 is 0 Å². The molecule has 0 aliphatic heterocycles. The highest BCUT2D eigenvalue weighted by molar-refractivity contribution is 5.87. The van der Waals surface area contributed by atoms with Crippen molar-refractivity contribution >= 4 is 23.1 Å². The molecule has 0 amide bonds. The van der Waals surface area contributed by atoms with Crippen LogP contribution in [0.3, 0.4) is 0 Å². The van der Waals surface area contributed by atoms with E-state index in [0.717, 1.165) is 17.2 Å². The summed E-state index contributed by atoms with van der Waals surface area (Å²) in [5.74, 6) is -0.412. The zero-order chi connectivity index (χ0) is 17.3. The first-order valence-electron chi connectivity index (χ1n) is 7.75. The number of carbonyl (C=O) groups is 1. The molecule has 4 nitrogen and oxygen atoms in total. The summed E-state index contributed by atoms with van der Waals surface area (Å²) in [6.07, 6.45) is 2.64. The monoisotopic (exact) mass is 321 g/mol. The lowest BCUT2D eigenvalue weighted by atomic mass is 9.86. The van der Waals surface area contributed by atoms with Crippen LogP contribution in [-0.2, 0) is 10.2 Å². The number of carboxylic acids is 1. The molecule has 0 atom stereocenters. The molecule has 0 bridgehead atoms. The number of rotatable bonds is 3. The van der Waals surface area contributed by atoms with Gasteiger partial charge in [-0.05, 0) is 46.9 Å². The van der Waals surface area contributed by atoms with Crippen LogP contribution in [0.25, 0.3) is 28.6 Å². The Kier molecular flexibility index (Phi) is 3.97. The Labute approximate surface area is 140 Å². The molecule has 0 aliphatic rings. The van der Waals surface area contributed by atoms with E-state index in [9.17, 15) is 4.79 Å². The van der Waals surface area contributed by atoms with Crippen LogP contribution in [0.4, 0.5) is 0 Å². The van der Waals surface area contributed by atoms with E-state index in [0.29, 0.717) is 17.0 Å². The number of carboxylic acid groups (broad SMARTS) is 1. The molecule has 0 saturated heterocycles. The van der Waals surface area contributed by atoms with Crippen LogP contribution in [-0.4, -0.2) is 16.1 Å². The zero-order valence-corrected chi connectivity index (χ0v) is 13.9. The summed E-state index contributed by atoms with van der Waals surface area (Å²) in [7, 11) is 0. The summed E-state index contributed by atoms with van der Waals surface area (Å²) in [5, 5.41) is 8.71. The third kappa shape index (κ3) is 3.38. The van der Waals surface area contributed by atoms with Crippen LogP contribution in [0.2, 0.25) is 0 Å². The summed E-state index contributed by atoms with van der Waals surface area (Å²) in [6, 6.07) is 13.6. The molecule has 0 unspecified atom stereocenters. The average Bonchev–Trinajstić information content (AvgIpc) is 2.95. The van der Waals surface area contributed by atoms with Crippen molar-refractivity contribution in [2.24, 2.45) is 0 Å². The third-order valence-corrected chi connectivity index (χ3v) is 3.81. The minimum absolute atomic E-state index is 0.0524. The smallest absolute Gasteiger partial charge is 0.328 e. The van der Waals surface area contributed by atoms with Crippen molar-refractivity contribution in [1.29, 1.82) is 0 Å². The van der Waals surface area contributed by atoms with Gasteiger partial charge in [0.2, 0.25) is 5.89 Å². The molecule has 0 aliphatic carbocycles. The van der Waals surface area contributed by atoms with E-state index in [4.69, 9.17) is 9.52 Å². The maximum absolute atomic E-state index is 10.6. The van der Waals surface area contributed by atoms with E-state index in [2.05, 4.69) is 37.9 Å². The van der Waals surface area contributed by atoms with Gasteiger partial charge in [0.25, 0.3) is 0 Å². The largest absolute Gasteiger partial charge is 0.478 e. The van der Waals surface area contributed by atoms with Gasteiger partial charge in [0, 0.05) is 11.6 Å². The van der Waals surface area contributed by atoms with Crippen LogP contribution < -0.4 is 0 Å². The van der Waals surface area contributed by atoms with E-state index in [1.807, 2.05) is 24.3 Å². The molecule has 2 aromatic carbocycles. The van der Waals surface area contributed by atoms with Gasteiger partial charge in [-0.2, -0.15) is 0 Å². The van der Waals surface area contributed by atoms with Gasteiger partial charge in [0.05, 0.1) is 0 Å². The second-order valence-electron chi connectivity index (χ2n) is 6.75. The molecule has 1 aromatic heterocycles. The van der Waals surface area contributed by atoms with Gasteiger partial charge in [-0.3, -0.25) is 0 Å². The normalized spacial score (nSPS) is 12.1. The molecule has 0 radical (unpaired) electrons. The van der Waals surface area contributed by atoms with E-state index in [-0.39, 0.29) is 5.41 Å². The van der Waals surface area contributed by atoms with Crippen molar-refractivity contribution in [2.45, 2.75) is 26.2 Å². The van der Waals surface area contributed by atoms with Gasteiger partial charge in [-0.25, -0.2) is 9.78 Å². The minimum atomic E-state index is -0.977.